The number of furan rings is 1. The van der Waals surface area contributed by atoms with Crippen LogP contribution in [0.5, 0.6) is 0 Å². The molecule has 102 valence electrons. The van der Waals surface area contributed by atoms with Gasteiger partial charge in [-0.15, -0.1) is 0 Å². The number of halogens is 2. The Kier molecular flexibility index (Phi) is 5.77. The highest BCUT2D eigenvalue weighted by molar-refractivity contribution is 9.13. The standard InChI is InChI=1S/C14H21Br2NO/c1-10(11-6-4-2-3-5-7-11)17-9-12-8-13(15)14(16)18-12/h8,10-11,17H,2-7,9H2,1H3/t10-/m1/s1. The molecule has 0 radical (unpaired) electrons. The molecule has 4 heteroatoms. The van der Waals surface area contributed by atoms with E-state index in [4.69, 9.17) is 4.42 Å². The Hall–Kier alpha value is 0.200. The van der Waals surface area contributed by atoms with Gasteiger partial charge in [0, 0.05) is 6.04 Å². The van der Waals surface area contributed by atoms with Crippen LogP contribution in [0.15, 0.2) is 19.6 Å². The molecule has 0 amide bonds. The summed E-state index contributed by atoms with van der Waals surface area (Å²) in [6.07, 6.45) is 8.38. The second-order valence-corrected chi connectivity index (χ2v) is 6.83. The molecule has 2 nitrogen and oxygen atoms in total. The van der Waals surface area contributed by atoms with E-state index < -0.39 is 0 Å². The van der Waals surface area contributed by atoms with E-state index in [0.717, 1.165) is 27.4 Å². The van der Waals surface area contributed by atoms with Crippen LogP contribution < -0.4 is 5.32 Å². The van der Waals surface area contributed by atoms with E-state index in [-0.39, 0.29) is 0 Å². The fraction of sp³-hybridized carbons (Fsp3) is 0.714. The smallest absolute Gasteiger partial charge is 0.183 e. The highest BCUT2D eigenvalue weighted by atomic mass is 79.9. The first-order chi connectivity index (χ1) is 8.66. The third-order valence-electron chi connectivity index (χ3n) is 3.90. The summed E-state index contributed by atoms with van der Waals surface area (Å²) in [4.78, 5) is 0. The van der Waals surface area contributed by atoms with Gasteiger partial charge < -0.3 is 9.73 Å². The van der Waals surface area contributed by atoms with Gasteiger partial charge in [0.2, 0.25) is 0 Å². The van der Waals surface area contributed by atoms with Crippen LogP contribution in [0.1, 0.15) is 51.2 Å². The highest BCUT2D eigenvalue weighted by Crippen LogP contribution is 2.28. The molecule has 1 fully saturated rings. The van der Waals surface area contributed by atoms with Crippen LogP contribution in [-0.2, 0) is 6.54 Å². The van der Waals surface area contributed by atoms with Crippen molar-refractivity contribution in [2.45, 2.75) is 58.0 Å². The van der Waals surface area contributed by atoms with Crippen LogP contribution in [0.25, 0.3) is 0 Å². The van der Waals surface area contributed by atoms with E-state index in [9.17, 15) is 0 Å². The van der Waals surface area contributed by atoms with Gasteiger partial charge >= 0.3 is 0 Å². The quantitative estimate of drug-likeness (QED) is 0.723. The van der Waals surface area contributed by atoms with E-state index >= 15 is 0 Å². The van der Waals surface area contributed by atoms with Gasteiger partial charge in [-0.2, -0.15) is 0 Å². The third kappa shape index (κ3) is 4.10. The largest absolute Gasteiger partial charge is 0.452 e. The molecule has 1 heterocycles. The average molecular weight is 379 g/mol. The molecule has 18 heavy (non-hydrogen) atoms. The van der Waals surface area contributed by atoms with Crippen molar-refractivity contribution in [3.8, 4) is 0 Å². The Labute approximate surface area is 126 Å². The minimum atomic E-state index is 0.575. The van der Waals surface area contributed by atoms with Crippen LogP contribution >= 0.6 is 31.9 Å². The zero-order valence-corrected chi connectivity index (χ0v) is 14.0. The summed E-state index contributed by atoms with van der Waals surface area (Å²) < 4.78 is 7.35. The van der Waals surface area contributed by atoms with Crippen molar-refractivity contribution < 1.29 is 4.42 Å². The first-order valence-corrected chi connectivity index (χ1v) is 8.42. The third-order valence-corrected chi connectivity index (χ3v) is 5.61. The Morgan fingerprint density at radius 2 is 1.94 bits per heavy atom. The van der Waals surface area contributed by atoms with E-state index in [0.29, 0.717) is 6.04 Å². The van der Waals surface area contributed by atoms with Crippen LogP contribution in [0, 0.1) is 5.92 Å². The van der Waals surface area contributed by atoms with Gasteiger partial charge in [0.1, 0.15) is 5.76 Å². The fourth-order valence-electron chi connectivity index (χ4n) is 2.72. The maximum Gasteiger partial charge on any atom is 0.183 e. The normalized spacial score (nSPS) is 19.7. The Balaban J connectivity index is 1.81. The van der Waals surface area contributed by atoms with Gasteiger partial charge in [0.15, 0.2) is 4.67 Å². The first kappa shape index (κ1) is 14.6. The Bertz CT molecular complexity index is 350. The van der Waals surface area contributed by atoms with Gasteiger partial charge in [0.05, 0.1) is 11.0 Å². The van der Waals surface area contributed by atoms with E-state index in [1.165, 1.54) is 38.5 Å². The lowest BCUT2D eigenvalue weighted by molar-refractivity contribution is 0.325. The Morgan fingerprint density at radius 1 is 1.28 bits per heavy atom. The molecule has 0 spiro atoms. The van der Waals surface area contributed by atoms with Crippen LogP contribution in [0.2, 0.25) is 0 Å². The fourth-order valence-corrected chi connectivity index (χ4v) is 3.38. The van der Waals surface area contributed by atoms with Crippen LogP contribution in [0.3, 0.4) is 0 Å². The number of hydrogen-bond acceptors (Lipinski definition) is 2. The van der Waals surface area contributed by atoms with Gasteiger partial charge in [-0.1, -0.05) is 25.7 Å². The van der Waals surface area contributed by atoms with Crippen molar-refractivity contribution in [3.05, 3.63) is 21.0 Å². The summed E-state index contributed by atoms with van der Waals surface area (Å²) in [5, 5.41) is 3.60. The summed E-state index contributed by atoms with van der Waals surface area (Å²) in [5.41, 5.74) is 0. The Morgan fingerprint density at radius 3 is 2.50 bits per heavy atom. The van der Waals surface area contributed by atoms with Gasteiger partial charge in [0.25, 0.3) is 0 Å². The molecule has 1 aliphatic rings. The molecular formula is C14H21Br2NO. The number of rotatable bonds is 4. The molecule has 1 N–H and O–H groups in total. The predicted octanol–water partition coefficient (Wildman–Crippen LogP) is 5.25. The van der Waals surface area contributed by atoms with E-state index in [1.54, 1.807) is 0 Å². The molecule has 1 aromatic heterocycles. The van der Waals surface area contributed by atoms with Crippen molar-refractivity contribution in [2.24, 2.45) is 5.92 Å². The minimum Gasteiger partial charge on any atom is -0.452 e. The van der Waals surface area contributed by atoms with Gasteiger partial charge in [-0.25, -0.2) is 0 Å². The molecule has 1 aromatic rings. The average Bonchev–Trinajstić information content (AvgIpc) is 2.60. The van der Waals surface area contributed by atoms with Crippen molar-refractivity contribution in [3.63, 3.8) is 0 Å². The summed E-state index contributed by atoms with van der Waals surface area (Å²) in [6, 6.07) is 2.60. The number of hydrogen-bond donors (Lipinski definition) is 1. The van der Waals surface area contributed by atoms with Crippen molar-refractivity contribution in [2.75, 3.05) is 0 Å². The highest BCUT2D eigenvalue weighted by Gasteiger charge is 2.19. The van der Waals surface area contributed by atoms with Crippen LogP contribution in [-0.4, -0.2) is 6.04 Å². The van der Waals surface area contributed by atoms with Crippen molar-refractivity contribution in [1.29, 1.82) is 0 Å². The zero-order valence-electron chi connectivity index (χ0n) is 10.8. The molecule has 2 rings (SSSR count). The zero-order chi connectivity index (χ0) is 13.0. The monoisotopic (exact) mass is 377 g/mol. The molecule has 0 unspecified atom stereocenters. The molecule has 1 aliphatic carbocycles. The maximum atomic E-state index is 5.58. The molecule has 1 atom stereocenters. The lowest BCUT2D eigenvalue weighted by Crippen LogP contribution is -2.32. The molecule has 0 bridgehead atoms. The topological polar surface area (TPSA) is 25.2 Å². The second-order valence-electron chi connectivity index (χ2n) is 5.26. The minimum absolute atomic E-state index is 0.575. The van der Waals surface area contributed by atoms with Crippen LogP contribution in [0.4, 0.5) is 0 Å². The molecular weight excluding hydrogens is 358 g/mol. The summed E-state index contributed by atoms with van der Waals surface area (Å²) in [5.74, 6) is 1.81. The van der Waals surface area contributed by atoms with Crippen molar-refractivity contribution in [1.82, 2.24) is 5.32 Å². The van der Waals surface area contributed by atoms with Gasteiger partial charge in [-0.3, -0.25) is 0 Å². The molecule has 1 saturated carbocycles. The molecule has 0 aliphatic heterocycles. The summed E-state index contributed by atoms with van der Waals surface area (Å²) in [6.45, 7) is 3.12. The summed E-state index contributed by atoms with van der Waals surface area (Å²) >= 11 is 6.81. The second kappa shape index (κ2) is 7.11. The van der Waals surface area contributed by atoms with E-state index in [2.05, 4.69) is 44.1 Å². The van der Waals surface area contributed by atoms with Crippen molar-refractivity contribution >= 4 is 31.9 Å². The molecule has 0 aromatic carbocycles. The molecule has 0 saturated heterocycles. The lowest BCUT2D eigenvalue weighted by atomic mass is 9.93. The van der Waals surface area contributed by atoms with Gasteiger partial charge in [-0.05, 0) is 63.6 Å². The number of nitrogens with one attached hydrogen (secondary N) is 1. The lowest BCUT2D eigenvalue weighted by Gasteiger charge is -2.23. The SMILES string of the molecule is C[C@@H](NCc1cc(Br)c(Br)o1)C1CCCCCC1. The first-order valence-electron chi connectivity index (χ1n) is 6.84. The van der Waals surface area contributed by atoms with E-state index in [1.807, 2.05) is 6.07 Å². The summed E-state index contributed by atoms with van der Waals surface area (Å²) in [7, 11) is 0. The maximum absolute atomic E-state index is 5.58. The predicted molar refractivity (Wildman–Crippen MR) is 81.6 cm³/mol.